The van der Waals surface area contributed by atoms with Crippen molar-refractivity contribution in [2.45, 2.75) is 40.2 Å². The van der Waals surface area contributed by atoms with E-state index < -0.39 is 12.0 Å². The van der Waals surface area contributed by atoms with Crippen LogP contribution >= 0.6 is 12.6 Å². The van der Waals surface area contributed by atoms with Gasteiger partial charge in [-0.15, -0.1) is 0 Å². The van der Waals surface area contributed by atoms with E-state index in [0.29, 0.717) is 6.61 Å². The molecule has 0 saturated heterocycles. The van der Waals surface area contributed by atoms with Gasteiger partial charge in [0.2, 0.25) is 5.91 Å². The lowest BCUT2D eigenvalue weighted by Crippen LogP contribution is -2.42. The van der Waals surface area contributed by atoms with E-state index in [-0.39, 0.29) is 17.1 Å². The molecule has 0 aromatic rings. The van der Waals surface area contributed by atoms with Crippen molar-refractivity contribution in [2.75, 3.05) is 12.4 Å². The topological polar surface area (TPSA) is 55.4 Å². The molecule has 0 aliphatic carbocycles. The Labute approximate surface area is 103 Å². The molecule has 0 bridgehead atoms. The van der Waals surface area contributed by atoms with Gasteiger partial charge in [0.15, 0.2) is 0 Å². The third-order valence-electron chi connectivity index (χ3n) is 1.94. The predicted octanol–water partition coefficient (Wildman–Crippen LogP) is 1.40. The van der Waals surface area contributed by atoms with E-state index in [1.165, 1.54) is 6.92 Å². The Morgan fingerprint density at radius 1 is 1.38 bits per heavy atom. The third-order valence-corrected chi connectivity index (χ3v) is 2.31. The van der Waals surface area contributed by atoms with Gasteiger partial charge in [-0.05, 0) is 11.8 Å². The van der Waals surface area contributed by atoms with Gasteiger partial charge in [-0.3, -0.25) is 4.79 Å². The zero-order chi connectivity index (χ0) is 12.8. The van der Waals surface area contributed by atoms with Crippen molar-refractivity contribution in [2.24, 2.45) is 5.41 Å². The van der Waals surface area contributed by atoms with Gasteiger partial charge in [0.1, 0.15) is 6.04 Å². The van der Waals surface area contributed by atoms with Crippen LogP contribution in [0.2, 0.25) is 0 Å². The average Bonchev–Trinajstić information content (AvgIpc) is 2.11. The normalized spacial score (nSPS) is 13.1. The summed E-state index contributed by atoms with van der Waals surface area (Å²) in [6.45, 7) is 7.95. The summed E-state index contributed by atoms with van der Waals surface area (Å²) in [5, 5.41) is 2.49. The lowest BCUT2D eigenvalue weighted by atomic mass is 9.93. The van der Waals surface area contributed by atoms with E-state index in [0.717, 1.165) is 6.42 Å². The molecular formula is C11H21NO3S. The van der Waals surface area contributed by atoms with E-state index in [4.69, 9.17) is 4.74 Å². The van der Waals surface area contributed by atoms with Crippen LogP contribution in [0.1, 0.15) is 34.1 Å². The summed E-state index contributed by atoms with van der Waals surface area (Å²) in [4.78, 5) is 22.3. The van der Waals surface area contributed by atoms with E-state index in [2.05, 4.69) is 38.7 Å². The standard InChI is InChI=1S/C11H21NO3S/c1-8(13)12-9(7-16)10(14)15-6-5-11(2,3)4/h9,16H,5-7H2,1-4H3,(H,12,13). The van der Waals surface area contributed by atoms with Crippen molar-refractivity contribution in [3.63, 3.8) is 0 Å². The number of amides is 1. The molecule has 1 N–H and O–H groups in total. The molecule has 0 rings (SSSR count). The van der Waals surface area contributed by atoms with Crippen molar-refractivity contribution >= 4 is 24.5 Å². The van der Waals surface area contributed by atoms with Gasteiger partial charge in [0.05, 0.1) is 6.61 Å². The zero-order valence-corrected chi connectivity index (χ0v) is 11.3. The zero-order valence-electron chi connectivity index (χ0n) is 10.4. The molecule has 0 radical (unpaired) electrons. The summed E-state index contributed by atoms with van der Waals surface area (Å²) in [7, 11) is 0. The predicted molar refractivity (Wildman–Crippen MR) is 66.5 cm³/mol. The fraction of sp³-hybridized carbons (Fsp3) is 0.818. The number of hydrogen-bond acceptors (Lipinski definition) is 4. The first-order valence-electron chi connectivity index (χ1n) is 5.31. The molecule has 0 aromatic heterocycles. The summed E-state index contributed by atoms with van der Waals surface area (Å²) in [5.74, 6) is -0.435. The molecule has 0 aliphatic rings. The van der Waals surface area contributed by atoms with Gasteiger partial charge >= 0.3 is 5.97 Å². The fourth-order valence-electron chi connectivity index (χ4n) is 0.983. The molecule has 0 aromatic carbocycles. The highest BCUT2D eigenvalue weighted by Gasteiger charge is 2.20. The maximum absolute atomic E-state index is 11.5. The molecule has 0 aliphatic heterocycles. The lowest BCUT2D eigenvalue weighted by molar-refractivity contribution is -0.147. The monoisotopic (exact) mass is 247 g/mol. The van der Waals surface area contributed by atoms with Crippen LogP contribution in [0.5, 0.6) is 0 Å². The van der Waals surface area contributed by atoms with E-state index in [1.54, 1.807) is 0 Å². The van der Waals surface area contributed by atoms with Gasteiger partial charge in [-0.1, -0.05) is 20.8 Å². The molecule has 0 heterocycles. The van der Waals surface area contributed by atoms with Crippen LogP contribution in [0.4, 0.5) is 0 Å². The minimum Gasteiger partial charge on any atom is -0.464 e. The van der Waals surface area contributed by atoms with Crippen molar-refractivity contribution in [1.29, 1.82) is 0 Å². The number of hydrogen-bond donors (Lipinski definition) is 2. The van der Waals surface area contributed by atoms with Crippen LogP contribution < -0.4 is 5.32 Å². The highest BCUT2D eigenvalue weighted by molar-refractivity contribution is 7.80. The number of thiol groups is 1. The Morgan fingerprint density at radius 3 is 2.31 bits per heavy atom. The smallest absolute Gasteiger partial charge is 0.329 e. The van der Waals surface area contributed by atoms with Gasteiger partial charge in [-0.25, -0.2) is 4.79 Å². The summed E-state index contributed by atoms with van der Waals surface area (Å²) in [5.41, 5.74) is 0.130. The number of nitrogens with one attached hydrogen (secondary N) is 1. The van der Waals surface area contributed by atoms with E-state index in [1.807, 2.05) is 0 Å². The molecule has 0 saturated carbocycles. The molecule has 16 heavy (non-hydrogen) atoms. The lowest BCUT2D eigenvalue weighted by Gasteiger charge is -2.19. The number of rotatable bonds is 5. The van der Waals surface area contributed by atoms with Crippen LogP contribution in [-0.4, -0.2) is 30.3 Å². The first-order valence-corrected chi connectivity index (χ1v) is 5.94. The van der Waals surface area contributed by atoms with Gasteiger partial charge in [0, 0.05) is 12.7 Å². The second-order valence-electron chi connectivity index (χ2n) is 4.91. The van der Waals surface area contributed by atoms with E-state index in [9.17, 15) is 9.59 Å². The highest BCUT2D eigenvalue weighted by atomic mass is 32.1. The summed E-state index contributed by atoms with van der Waals surface area (Å²) in [6, 6.07) is -0.652. The second-order valence-corrected chi connectivity index (χ2v) is 5.28. The SMILES string of the molecule is CC(=O)NC(CS)C(=O)OCCC(C)(C)C. The van der Waals surface area contributed by atoms with Crippen molar-refractivity contribution in [3.8, 4) is 0 Å². The Balaban J connectivity index is 3.98. The molecule has 1 unspecified atom stereocenters. The first kappa shape index (κ1) is 15.3. The molecular weight excluding hydrogens is 226 g/mol. The molecule has 5 heteroatoms. The molecule has 4 nitrogen and oxygen atoms in total. The number of ether oxygens (including phenoxy) is 1. The number of esters is 1. The average molecular weight is 247 g/mol. The van der Waals surface area contributed by atoms with Gasteiger partial charge in [0.25, 0.3) is 0 Å². The quantitative estimate of drug-likeness (QED) is 0.570. The fourth-order valence-corrected chi connectivity index (χ4v) is 1.22. The Kier molecular flexibility index (Phi) is 6.48. The van der Waals surface area contributed by atoms with Gasteiger partial charge < -0.3 is 10.1 Å². The molecule has 0 spiro atoms. The Hall–Kier alpha value is -0.710. The van der Waals surface area contributed by atoms with Crippen LogP contribution in [-0.2, 0) is 14.3 Å². The van der Waals surface area contributed by atoms with Gasteiger partial charge in [-0.2, -0.15) is 12.6 Å². The Bertz CT molecular complexity index is 248. The number of carbonyl (C=O) groups is 2. The first-order chi connectivity index (χ1) is 7.26. The summed E-state index contributed by atoms with van der Waals surface area (Å²) >= 11 is 3.99. The van der Waals surface area contributed by atoms with Crippen LogP contribution in [0.15, 0.2) is 0 Å². The van der Waals surface area contributed by atoms with Crippen molar-refractivity contribution < 1.29 is 14.3 Å². The van der Waals surface area contributed by atoms with Crippen molar-refractivity contribution in [3.05, 3.63) is 0 Å². The molecule has 0 fully saturated rings. The van der Waals surface area contributed by atoms with E-state index >= 15 is 0 Å². The maximum atomic E-state index is 11.5. The minimum atomic E-state index is -0.652. The Morgan fingerprint density at radius 2 is 1.94 bits per heavy atom. The van der Waals surface area contributed by atoms with Crippen LogP contribution in [0.3, 0.4) is 0 Å². The summed E-state index contributed by atoms with van der Waals surface area (Å²) in [6.07, 6.45) is 0.790. The van der Waals surface area contributed by atoms with Crippen LogP contribution in [0.25, 0.3) is 0 Å². The maximum Gasteiger partial charge on any atom is 0.329 e. The third kappa shape index (κ3) is 7.56. The summed E-state index contributed by atoms with van der Waals surface area (Å²) < 4.78 is 5.07. The van der Waals surface area contributed by atoms with Crippen LogP contribution in [0, 0.1) is 5.41 Å². The largest absolute Gasteiger partial charge is 0.464 e. The molecule has 1 amide bonds. The second kappa shape index (κ2) is 6.78. The van der Waals surface area contributed by atoms with Crippen molar-refractivity contribution in [1.82, 2.24) is 5.32 Å². The minimum absolute atomic E-state index is 0.130. The highest BCUT2D eigenvalue weighted by Crippen LogP contribution is 2.17. The molecule has 94 valence electrons. The molecule has 1 atom stereocenters. The number of carbonyl (C=O) groups excluding carboxylic acids is 2.